The van der Waals surface area contributed by atoms with Crippen LogP contribution in [0.15, 0.2) is 192 Å². The van der Waals surface area contributed by atoms with Gasteiger partial charge in [-0.15, -0.1) is 0 Å². The van der Waals surface area contributed by atoms with Crippen LogP contribution in [0.4, 0.5) is 0 Å². The van der Waals surface area contributed by atoms with Crippen LogP contribution in [0.3, 0.4) is 0 Å². The van der Waals surface area contributed by atoms with Gasteiger partial charge in [0.05, 0.1) is 0 Å². The van der Waals surface area contributed by atoms with Gasteiger partial charge in [-0.25, -0.2) is 15.0 Å². The Hall–Kier alpha value is -7.43. The van der Waals surface area contributed by atoms with E-state index in [0.717, 1.165) is 66.1 Å². The summed E-state index contributed by atoms with van der Waals surface area (Å²) < 4.78 is 6.36. The third-order valence-electron chi connectivity index (χ3n) is 10.7. The van der Waals surface area contributed by atoms with Gasteiger partial charge in [0.15, 0.2) is 17.5 Å². The van der Waals surface area contributed by atoms with Crippen LogP contribution in [0.2, 0.25) is 0 Å². The molecule has 0 bridgehead atoms. The standard InChI is InChI=1S/C51H31N3O/c1-2-14-35(15-3-1)49-52-50(42-21-9-8-19-40(42)37-27-28-46-45(31-37)48-41-20-7-5-13-33(41)26-29-47(48)55-46)54-51(53-49)43-23-11-17-34-24-25-36(30-44(34)43)39-22-10-16-32-12-4-6-18-38(32)39/h1-31H. The van der Waals surface area contributed by atoms with E-state index in [-0.39, 0.29) is 0 Å². The molecule has 4 heteroatoms. The Morgan fingerprint density at radius 1 is 0.291 bits per heavy atom. The van der Waals surface area contributed by atoms with Crippen molar-refractivity contribution in [2.75, 3.05) is 0 Å². The Morgan fingerprint density at radius 3 is 1.65 bits per heavy atom. The van der Waals surface area contributed by atoms with Crippen LogP contribution in [-0.4, -0.2) is 15.0 Å². The maximum Gasteiger partial charge on any atom is 0.164 e. The molecule has 256 valence electrons. The van der Waals surface area contributed by atoms with Crippen molar-refractivity contribution in [2.24, 2.45) is 0 Å². The van der Waals surface area contributed by atoms with Crippen LogP contribution in [0.25, 0.3) is 111 Å². The fraction of sp³-hybridized carbons (Fsp3) is 0. The maximum absolute atomic E-state index is 6.36. The molecule has 55 heavy (non-hydrogen) atoms. The van der Waals surface area contributed by atoms with Crippen molar-refractivity contribution < 1.29 is 4.42 Å². The molecule has 11 rings (SSSR count). The average Bonchev–Trinajstić information content (AvgIpc) is 3.64. The van der Waals surface area contributed by atoms with Gasteiger partial charge in [-0.1, -0.05) is 164 Å². The predicted molar refractivity (Wildman–Crippen MR) is 227 cm³/mol. The second-order valence-corrected chi connectivity index (χ2v) is 14.0. The van der Waals surface area contributed by atoms with Crippen molar-refractivity contribution in [3.05, 3.63) is 188 Å². The Balaban J connectivity index is 1.11. The first-order chi connectivity index (χ1) is 27.2. The van der Waals surface area contributed by atoms with E-state index in [2.05, 4.69) is 170 Å². The first-order valence-corrected chi connectivity index (χ1v) is 18.5. The van der Waals surface area contributed by atoms with Crippen molar-refractivity contribution in [3.63, 3.8) is 0 Å². The molecule has 0 fully saturated rings. The number of hydrogen-bond acceptors (Lipinski definition) is 4. The van der Waals surface area contributed by atoms with Crippen molar-refractivity contribution in [3.8, 4) is 56.4 Å². The molecule has 0 aliphatic carbocycles. The van der Waals surface area contributed by atoms with Crippen molar-refractivity contribution >= 4 is 54.3 Å². The molecule has 4 nitrogen and oxygen atoms in total. The van der Waals surface area contributed by atoms with Crippen LogP contribution in [0.1, 0.15) is 0 Å². The molecule has 0 saturated carbocycles. The third kappa shape index (κ3) is 5.26. The van der Waals surface area contributed by atoms with E-state index in [1.54, 1.807) is 0 Å². The number of benzene rings is 9. The summed E-state index contributed by atoms with van der Waals surface area (Å²) >= 11 is 0. The van der Waals surface area contributed by atoms with E-state index in [9.17, 15) is 0 Å². The van der Waals surface area contributed by atoms with Gasteiger partial charge in [-0.3, -0.25) is 0 Å². The van der Waals surface area contributed by atoms with Gasteiger partial charge in [-0.05, 0) is 78.8 Å². The fourth-order valence-electron chi connectivity index (χ4n) is 8.09. The minimum absolute atomic E-state index is 0.615. The molecule has 2 heterocycles. The largest absolute Gasteiger partial charge is 0.456 e. The molecule has 0 amide bonds. The summed E-state index contributed by atoms with van der Waals surface area (Å²) in [6, 6.07) is 65.8. The summed E-state index contributed by atoms with van der Waals surface area (Å²) in [5.74, 6) is 1.87. The number of furan rings is 1. The Labute approximate surface area is 317 Å². The van der Waals surface area contributed by atoms with Gasteiger partial charge in [0.1, 0.15) is 11.2 Å². The van der Waals surface area contributed by atoms with Gasteiger partial charge >= 0.3 is 0 Å². The highest BCUT2D eigenvalue weighted by molar-refractivity contribution is 6.19. The normalized spacial score (nSPS) is 11.6. The van der Waals surface area contributed by atoms with Gasteiger partial charge in [0, 0.05) is 27.5 Å². The summed E-state index contributed by atoms with van der Waals surface area (Å²) in [6.07, 6.45) is 0. The summed E-state index contributed by atoms with van der Waals surface area (Å²) in [7, 11) is 0. The average molecular weight is 702 g/mol. The van der Waals surface area contributed by atoms with Crippen LogP contribution >= 0.6 is 0 Å². The van der Waals surface area contributed by atoms with Crippen LogP contribution in [0, 0.1) is 0 Å². The summed E-state index contributed by atoms with van der Waals surface area (Å²) in [5.41, 5.74) is 8.99. The van der Waals surface area contributed by atoms with E-state index in [1.165, 1.54) is 27.1 Å². The van der Waals surface area contributed by atoms with Crippen LogP contribution < -0.4 is 0 Å². The number of nitrogens with zero attached hydrogens (tertiary/aromatic N) is 3. The smallest absolute Gasteiger partial charge is 0.164 e. The zero-order valence-corrected chi connectivity index (χ0v) is 29.6. The minimum atomic E-state index is 0.615. The topological polar surface area (TPSA) is 51.8 Å². The van der Waals surface area contributed by atoms with E-state index < -0.39 is 0 Å². The van der Waals surface area contributed by atoms with Gasteiger partial charge in [0.2, 0.25) is 0 Å². The second-order valence-electron chi connectivity index (χ2n) is 14.0. The lowest BCUT2D eigenvalue weighted by Gasteiger charge is -2.14. The lowest BCUT2D eigenvalue weighted by atomic mass is 9.94. The van der Waals surface area contributed by atoms with Crippen LogP contribution in [0.5, 0.6) is 0 Å². The Kier molecular flexibility index (Phi) is 7.14. The highest BCUT2D eigenvalue weighted by atomic mass is 16.3. The molecular formula is C51H31N3O. The lowest BCUT2D eigenvalue weighted by molar-refractivity contribution is 0.669. The highest BCUT2D eigenvalue weighted by Crippen LogP contribution is 2.40. The van der Waals surface area contributed by atoms with E-state index in [1.807, 2.05) is 18.2 Å². The molecule has 0 saturated heterocycles. The molecule has 0 N–H and O–H groups in total. The third-order valence-corrected chi connectivity index (χ3v) is 10.7. The van der Waals surface area contributed by atoms with Gasteiger partial charge in [0.25, 0.3) is 0 Å². The summed E-state index contributed by atoms with van der Waals surface area (Å²) in [6.45, 7) is 0. The van der Waals surface area contributed by atoms with E-state index in [0.29, 0.717) is 17.5 Å². The first-order valence-electron chi connectivity index (χ1n) is 18.5. The molecule has 11 aromatic rings. The summed E-state index contributed by atoms with van der Waals surface area (Å²) in [5, 5.41) is 9.22. The number of hydrogen-bond donors (Lipinski definition) is 0. The first kappa shape index (κ1) is 31.1. The maximum atomic E-state index is 6.36. The number of aromatic nitrogens is 3. The minimum Gasteiger partial charge on any atom is -0.456 e. The van der Waals surface area contributed by atoms with Gasteiger partial charge < -0.3 is 4.42 Å². The SMILES string of the molecule is c1ccc(-c2nc(-c3ccccc3-c3ccc4oc5ccc6ccccc6c5c4c3)nc(-c3cccc4ccc(-c5cccc6ccccc56)cc34)n2)cc1. The fourth-order valence-corrected chi connectivity index (χ4v) is 8.09. The zero-order valence-electron chi connectivity index (χ0n) is 29.6. The Bertz CT molecular complexity index is 3270. The van der Waals surface area contributed by atoms with Crippen molar-refractivity contribution in [1.82, 2.24) is 15.0 Å². The molecule has 0 aliphatic rings. The monoisotopic (exact) mass is 701 g/mol. The van der Waals surface area contributed by atoms with Crippen LogP contribution in [-0.2, 0) is 0 Å². The molecular weight excluding hydrogens is 671 g/mol. The molecule has 2 aromatic heterocycles. The van der Waals surface area contributed by atoms with Gasteiger partial charge in [-0.2, -0.15) is 0 Å². The van der Waals surface area contributed by atoms with Crippen molar-refractivity contribution in [1.29, 1.82) is 0 Å². The number of rotatable bonds is 5. The summed E-state index contributed by atoms with van der Waals surface area (Å²) in [4.78, 5) is 15.6. The van der Waals surface area contributed by atoms with E-state index in [4.69, 9.17) is 19.4 Å². The molecule has 0 aliphatic heterocycles. The Morgan fingerprint density at radius 2 is 0.818 bits per heavy atom. The number of fused-ring (bicyclic) bond motifs is 7. The van der Waals surface area contributed by atoms with Crippen molar-refractivity contribution in [2.45, 2.75) is 0 Å². The molecule has 9 aromatic carbocycles. The molecule has 0 radical (unpaired) electrons. The zero-order chi connectivity index (χ0) is 36.3. The van der Waals surface area contributed by atoms with E-state index >= 15 is 0 Å². The predicted octanol–water partition coefficient (Wildman–Crippen LogP) is 13.6. The highest BCUT2D eigenvalue weighted by Gasteiger charge is 2.19. The quantitative estimate of drug-likeness (QED) is 0.179. The lowest BCUT2D eigenvalue weighted by Crippen LogP contribution is -2.01. The molecule has 0 unspecified atom stereocenters. The molecule has 0 spiro atoms. The molecule has 0 atom stereocenters. The second kappa shape index (κ2) is 12.6.